The van der Waals surface area contributed by atoms with Crippen LogP contribution in [0.25, 0.3) is 22.4 Å². The van der Waals surface area contributed by atoms with Crippen LogP contribution in [0.2, 0.25) is 0 Å². The topological polar surface area (TPSA) is 77.2 Å². The van der Waals surface area contributed by atoms with Crippen LogP contribution in [-0.4, -0.2) is 29.2 Å². The number of rotatable bonds is 3. The highest BCUT2D eigenvalue weighted by molar-refractivity contribution is 7.85. The minimum Gasteiger partial charge on any atom is -0.294 e. The zero-order valence-corrected chi connectivity index (χ0v) is 18.1. The van der Waals surface area contributed by atoms with Crippen LogP contribution in [0, 0.1) is 12.7 Å². The van der Waals surface area contributed by atoms with Crippen LogP contribution in [0.15, 0.2) is 39.7 Å². The third kappa shape index (κ3) is 4.17. The van der Waals surface area contributed by atoms with Gasteiger partial charge in [0.25, 0.3) is 5.56 Å². The van der Waals surface area contributed by atoms with E-state index in [0.717, 1.165) is 11.8 Å². The fourth-order valence-electron chi connectivity index (χ4n) is 2.84. The Morgan fingerprint density at radius 2 is 1.93 bits per heavy atom. The molecule has 6 nitrogen and oxygen atoms in total. The molecule has 0 N–H and O–H groups in total. The lowest BCUT2D eigenvalue weighted by Gasteiger charge is -2.15. The second-order valence-corrected chi connectivity index (χ2v) is 9.81. The van der Waals surface area contributed by atoms with E-state index in [-0.39, 0.29) is 5.56 Å². The van der Waals surface area contributed by atoms with Crippen LogP contribution in [0.4, 0.5) is 4.39 Å². The van der Waals surface area contributed by atoms with Crippen molar-refractivity contribution in [2.45, 2.75) is 39.4 Å². The van der Waals surface area contributed by atoms with Crippen LogP contribution in [0.5, 0.6) is 0 Å². The van der Waals surface area contributed by atoms with Gasteiger partial charge in [-0.1, -0.05) is 0 Å². The Morgan fingerprint density at radius 1 is 1.24 bits per heavy atom. The van der Waals surface area contributed by atoms with E-state index in [1.165, 1.54) is 16.7 Å². The molecule has 8 heteroatoms. The van der Waals surface area contributed by atoms with Gasteiger partial charge in [0, 0.05) is 12.6 Å². The molecule has 0 fully saturated rings. The molecule has 29 heavy (non-hydrogen) atoms. The predicted molar refractivity (Wildman–Crippen MR) is 115 cm³/mol. The van der Waals surface area contributed by atoms with Crippen LogP contribution in [0.1, 0.15) is 38.8 Å². The van der Waals surface area contributed by atoms with Gasteiger partial charge in [-0.15, -0.1) is 0 Å². The quantitative estimate of drug-likeness (QED) is 0.612. The van der Waals surface area contributed by atoms with E-state index in [4.69, 9.17) is 0 Å². The summed E-state index contributed by atoms with van der Waals surface area (Å²) in [5.74, 6) is -0.152. The molecule has 0 bridgehead atoms. The van der Waals surface area contributed by atoms with E-state index in [1.807, 2.05) is 33.8 Å². The van der Waals surface area contributed by atoms with E-state index < -0.39 is 21.5 Å². The summed E-state index contributed by atoms with van der Waals surface area (Å²) in [6, 6.07) is 6.39. The Balaban J connectivity index is 2.32. The maximum atomic E-state index is 13.3. The first kappa shape index (κ1) is 21.0. The van der Waals surface area contributed by atoms with E-state index >= 15 is 0 Å². The zero-order valence-electron chi connectivity index (χ0n) is 17.3. The van der Waals surface area contributed by atoms with Crippen LogP contribution in [0.3, 0.4) is 0 Å². The fraction of sp³-hybridized carbons (Fsp3) is 0.333. The lowest BCUT2D eigenvalue weighted by atomic mass is 10.0. The van der Waals surface area contributed by atoms with Gasteiger partial charge < -0.3 is 0 Å². The predicted octanol–water partition coefficient (Wildman–Crippen LogP) is 3.71. The van der Waals surface area contributed by atoms with E-state index in [9.17, 15) is 13.4 Å². The molecule has 0 spiro atoms. The summed E-state index contributed by atoms with van der Waals surface area (Å²) >= 11 is 0. The molecule has 0 aliphatic rings. The van der Waals surface area contributed by atoms with Gasteiger partial charge >= 0.3 is 0 Å². The Bertz CT molecular complexity index is 1210. The first-order valence-electron chi connectivity index (χ1n) is 9.10. The van der Waals surface area contributed by atoms with Gasteiger partial charge in [-0.2, -0.15) is 4.40 Å². The molecular weight excluding hydrogens is 391 g/mol. The molecule has 152 valence electrons. The molecule has 2 heterocycles. The number of hydrogen-bond acceptors (Lipinski definition) is 4. The normalized spacial score (nSPS) is 13.7. The number of hydrogen-bond donors (Lipinski definition) is 0. The van der Waals surface area contributed by atoms with Crippen LogP contribution >= 0.6 is 0 Å². The number of nitrogens with zero attached hydrogens (tertiary/aromatic N) is 4. The Hall–Kier alpha value is -2.74. The van der Waals surface area contributed by atoms with Crippen molar-refractivity contribution in [3.8, 4) is 11.5 Å². The highest BCUT2D eigenvalue weighted by atomic mass is 32.2. The smallest absolute Gasteiger partial charge is 0.261 e. The molecule has 0 aliphatic carbocycles. The van der Waals surface area contributed by atoms with Crippen molar-refractivity contribution in [2.75, 3.05) is 0 Å². The zero-order chi connectivity index (χ0) is 21.5. The van der Waals surface area contributed by atoms with E-state index in [2.05, 4.69) is 14.4 Å². The first-order valence-corrected chi connectivity index (χ1v) is 10.2. The lowest BCUT2D eigenvalue weighted by molar-refractivity contribution is 0.621. The summed E-state index contributed by atoms with van der Waals surface area (Å²) in [4.78, 5) is 21.7. The number of aromatic nitrogens is 3. The highest BCUT2D eigenvalue weighted by Crippen LogP contribution is 2.23. The highest BCUT2D eigenvalue weighted by Gasteiger charge is 2.21. The third-order valence-electron chi connectivity index (χ3n) is 4.41. The van der Waals surface area contributed by atoms with Crippen molar-refractivity contribution in [1.29, 1.82) is 0 Å². The summed E-state index contributed by atoms with van der Waals surface area (Å²) in [6.07, 6.45) is 1.08. The molecule has 0 unspecified atom stereocenters. The summed E-state index contributed by atoms with van der Waals surface area (Å²) < 4.78 is 31.0. The Kier molecular flexibility index (Phi) is 5.49. The molecule has 3 rings (SSSR count). The van der Waals surface area contributed by atoms with Crippen molar-refractivity contribution < 1.29 is 8.60 Å². The summed E-state index contributed by atoms with van der Waals surface area (Å²) in [6.45, 7) is 9.18. The monoisotopic (exact) mass is 414 g/mol. The van der Waals surface area contributed by atoms with Crippen molar-refractivity contribution in [3.05, 3.63) is 57.8 Å². The summed E-state index contributed by atoms with van der Waals surface area (Å²) in [7, 11) is 0.156. The first-order chi connectivity index (χ1) is 13.5. The molecule has 3 aromatic rings. The number of halogens is 1. The van der Waals surface area contributed by atoms with E-state index in [1.54, 1.807) is 20.0 Å². The molecule has 2 aromatic heterocycles. The van der Waals surface area contributed by atoms with Gasteiger partial charge in [-0.25, -0.2) is 18.6 Å². The molecule has 0 saturated heterocycles. The van der Waals surface area contributed by atoms with E-state index in [0.29, 0.717) is 33.7 Å². The molecular formula is C21H23FN4O2S. The Labute approximate surface area is 171 Å². The minimum atomic E-state index is -1.45. The molecule has 0 amide bonds. The average Bonchev–Trinajstić information content (AvgIpc) is 2.64. The van der Waals surface area contributed by atoms with Crippen molar-refractivity contribution in [1.82, 2.24) is 14.5 Å². The number of pyridine rings is 1. The van der Waals surface area contributed by atoms with Crippen molar-refractivity contribution >= 4 is 27.6 Å². The summed E-state index contributed by atoms with van der Waals surface area (Å²) in [5.41, 5.74) is 2.63. The fourth-order valence-corrected chi connectivity index (χ4v) is 3.46. The average molecular weight is 415 g/mol. The lowest BCUT2D eigenvalue weighted by Crippen LogP contribution is -2.22. The van der Waals surface area contributed by atoms with Gasteiger partial charge in [-0.3, -0.25) is 9.36 Å². The standard InChI is InChI=1S/C21H23FN4O2S/c1-12-9-15(13(2)25-29(28)21(3,4)5)18-16(10-12)20(27)26(6)19(24-18)17-8-7-14(22)11-23-17/h7-11H,1-6H3/b25-13-/t29-/m1/s1. The minimum absolute atomic E-state index is 0.245. The van der Waals surface area contributed by atoms with Crippen LogP contribution in [-0.2, 0) is 18.0 Å². The maximum absolute atomic E-state index is 13.3. The molecule has 0 radical (unpaired) electrons. The third-order valence-corrected chi connectivity index (χ3v) is 5.90. The SMILES string of the molecule is C/C(=N/[S@](=O)C(C)(C)C)c1cc(C)cc2c(=O)n(C)c(-c3ccc(F)cn3)nc12. The number of fused-ring (bicyclic) bond motifs is 1. The van der Waals surface area contributed by atoms with Crippen molar-refractivity contribution in [3.63, 3.8) is 0 Å². The van der Waals surface area contributed by atoms with Crippen molar-refractivity contribution in [2.24, 2.45) is 11.4 Å². The second kappa shape index (κ2) is 7.59. The van der Waals surface area contributed by atoms with Gasteiger partial charge in [0.05, 0.1) is 27.6 Å². The van der Waals surface area contributed by atoms with Crippen LogP contribution < -0.4 is 5.56 Å². The second-order valence-electron chi connectivity index (χ2n) is 7.91. The molecule has 0 aliphatic heterocycles. The summed E-state index contributed by atoms with van der Waals surface area (Å²) in [5, 5.41) is 0.435. The van der Waals surface area contributed by atoms with Gasteiger partial charge in [0.2, 0.25) is 0 Å². The largest absolute Gasteiger partial charge is 0.294 e. The van der Waals surface area contributed by atoms with Gasteiger partial charge in [0.1, 0.15) is 22.5 Å². The molecule has 1 aromatic carbocycles. The molecule has 1 atom stereocenters. The molecule has 0 saturated carbocycles. The Morgan fingerprint density at radius 3 is 2.52 bits per heavy atom. The van der Waals surface area contributed by atoms with Gasteiger partial charge in [-0.05, 0) is 64.4 Å². The number of benzene rings is 1. The maximum Gasteiger partial charge on any atom is 0.261 e. The number of aryl methyl sites for hydroxylation is 1. The van der Waals surface area contributed by atoms with Gasteiger partial charge in [0.15, 0.2) is 5.82 Å².